The highest BCUT2D eigenvalue weighted by molar-refractivity contribution is 7.89. The SMILES string of the molecule is Cc1ccc(C)c(S(=O)(=O)N2CCN(C(=O)C(N)C3CCOCC3)CC2)c1. The van der Waals surface area contributed by atoms with Gasteiger partial charge in [-0.3, -0.25) is 4.79 Å². The molecule has 2 fully saturated rings. The summed E-state index contributed by atoms with van der Waals surface area (Å²) < 4.78 is 32.8. The molecule has 2 aliphatic heterocycles. The van der Waals surface area contributed by atoms with Crippen molar-refractivity contribution in [1.29, 1.82) is 0 Å². The normalized spacial score (nSPS) is 21.2. The first-order valence-corrected chi connectivity index (χ1v) is 10.9. The molecule has 0 saturated carbocycles. The summed E-state index contributed by atoms with van der Waals surface area (Å²) in [7, 11) is -3.56. The average molecular weight is 396 g/mol. The van der Waals surface area contributed by atoms with Gasteiger partial charge in [0.05, 0.1) is 10.9 Å². The summed E-state index contributed by atoms with van der Waals surface area (Å²) >= 11 is 0. The molecule has 1 amide bonds. The van der Waals surface area contributed by atoms with Crippen molar-refractivity contribution in [2.24, 2.45) is 11.7 Å². The van der Waals surface area contributed by atoms with E-state index >= 15 is 0 Å². The maximum atomic E-state index is 13.0. The molecule has 27 heavy (non-hydrogen) atoms. The van der Waals surface area contributed by atoms with Gasteiger partial charge in [0.1, 0.15) is 0 Å². The fourth-order valence-electron chi connectivity index (χ4n) is 3.76. The van der Waals surface area contributed by atoms with Crippen molar-refractivity contribution < 1.29 is 17.9 Å². The lowest BCUT2D eigenvalue weighted by Gasteiger charge is -2.37. The lowest BCUT2D eigenvalue weighted by atomic mass is 9.91. The van der Waals surface area contributed by atoms with Crippen molar-refractivity contribution in [1.82, 2.24) is 9.21 Å². The molecule has 0 radical (unpaired) electrons. The van der Waals surface area contributed by atoms with Crippen molar-refractivity contribution in [2.45, 2.75) is 37.6 Å². The van der Waals surface area contributed by atoms with E-state index in [0.717, 1.165) is 24.0 Å². The van der Waals surface area contributed by atoms with Gasteiger partial charge in [-0.05, 0) is 49.8 Å². The van der Waals surface area contributed by atoms with Gasteiger partial charge in [0.15, 0.2) is 0 Å². The molecule has 8 heteroatoms. The molecule has 0 aromatic heterocycles. The summed E-state index contributed by atoms with van der Waals surface area (Å²) in [5.41, 5.74) is 7.84. The molecule has 2 aliphatic rings. The number of rotatable bonds is 4. The summed E-state index contributed by atoms with van der Waals surface area (Å²) in [6.07, 6.45) is 1.60. The summed E-state index contributed by atoms with van der Waals surface area (Å²) in [6.45, 7) is 6.32. The molecular formula is C19H29N3O4S. The molecule has 3 rings (SSSR count). The zero-order valence-electron chi connectivity index (χ0n) is 16.1. The van der Waals surface area contributed by atoms with Gasteiger partial charge in [-0.25, -0.2) is 8.42 Å². The highest BCUT2D eigenvalue weighted by atomic mass is 32.2. The standard InChI is InChI=1S/C19H29N3O4S/c1-14-3-4-15(2)17(13-14)27(24,25)22-9-7-21(8-10-22)19(23)18(20)16-5-11-26-12-6-16/h3-4,13,16,18H,5-12,20H2,1-2H3. The maximum absolute atomic E-state index is 13.0. The number of carbonyl (C=O) groups is 1. The van der Waals surface area contributed by atoms with Crippen LogP contribution >= 0.6 is 0 Å². The van der Waals surface area contributed by atoms with Crippen molar-refractivity contribution in [2.75, 3.05) is 39.4 Å². The van der Waals surface area contributed by atoms with Crippen LogP contribution in [-0.4, -0.2) is 69.0 Å². The van der Waals surface area contributed by atoms with Crippen LogP contribution in [0.5, 0.6) is 0 Å². The van der Waals surface area contributed by atoms with E-state index < -0.39 is 16.1 Å². The Morgan fingerprint density at radius 2 is 1.78 bits per heavy atom. The molecule has 0 bridgehead atoms. The Morgan fingerprint density at radius 1 is 1.15 bits per heavy atom. The van der Waals surface area contributed by atoms with Crippen LogP contribution in [0.3, 0.4) is 0 Å². The zero-order chi connectivity index (χ0) is 19.6. The molecular weight excluding hydrogens is 366 g/mol. The van der Waals surface area contributed by atoms with Gasteiger partial charge in [0, 0.05) is 39.4 Å². The molecule has 1 aromatic carbocycles. The van der Waals surface area contributed by atoms with E-state index in [9.17, 15) is 13.2 Å². The molecule has 150 valence electrons. The predicted molar refractivity (Wildman–Crippen MR) is 103 cm³/mol. The molecule has 2 N–H and O–H groups in total. The minimum Gasteiger partial charge on any atom is -0.381 e. The molecule has 0 aliphatic carbocycles. The van der Waals surface area contributed by atoms with Crippen LogP contribution in [0.4, 0.5) is 0 Å². The van der Waals surface area contributed by atoms with Crippen molar-refractivity contribution >= 4 is 15.9 Å². The summed E-state index contributed by atoms with van der Waals surface area (Å²) in [6, 6.07) is 4.91. The third-order valence-electron chi connectivity index (χ3n) is 5.57. The lowest BCUT2D eigenvalue weighted by molar-refractivity contribution is -0.135. The first-order valence-electron chi connectivity index (χ1n) is 9.50. The van der Waals surface area contributed by atoms with Gasteiger partial charge < -0.3 is 15.4 Å². The second-order valence-corrected chi connectivity index (χ2v) is 9.38. The molecule has 2 saturated heterocycles. The van der Waals surface area contributed by atoms with E-state index in [4.69, 9.17) is 10.5 Å². The monoisotopic (exact) mass is 395 g/mol. The van der Waals surface area contributed by atoms with E-state index in [-0.39, 0.29) is 11.8 Å². The Labute approximate surface area is 161 Å². The average Bonchev–Trinajstić information content (AvgIpc) is 2.69. The number of hydrogen-bond acceptors (Lipinski definition) is 5. The smallest absolute Gasteiger partial charge is 0.243 e. The minimum absolute atomic E-state index is 0.0781. The lowest BCUT2D eigenvalue weighted by Crippen LogP contribution is -2.56. The van der Waals surface area contributed by atoms with Crippen LogP contribution in [-0.2, 0) is 19.6 Å². The molecule has 7 nitrogen and oxygen atoms in total. The van der Waals surface area contributed by atoms with Gasteiger partial charge in [0.2, 0.25) is 15.9 Å². The number of amides is 1. The van der Waals surface area contributed by atoms with Crippen LogP contribution in [0.1, 0.15) is 24.0 Å². The second-order valence-electron chi connectivity index (χ2n) is 7.47. The Morgan fingerprint density at radius 3 is 2.41 bits per heavy atom. The second kappa shape index (κ2) is 8.26. The van der Waals surface area contributed by atoms with Crippen molar-refractivity contribution in [3.05, 3.63) is 29.3 Å². The maximum Gasteiger partial charge on any atom is 0.243 e. The van der Waals surface area contributed by atoms with E-state index in [2.05, 4.69) is 0 Å². The van der Waals surface area contributed by atoms with Crippen LogP contribution in [0.25, 0.3) is 0 Å². The van der Waals surface area contributed by atoms with E-state index in [1.807, 2.05) is 19.1 Å². The number of ether oxygens (including phenoxy) is 1. The van der Waals surface area contributed by atoms with Crippen LogP contribution < -0.4 is 5.73 Å². The van der Waals surface area contributed by atoms with E-state index in [0.29, 0.717) is 44.3 Å². The van der Waals surface area contributed by atoms with Crippen LogP contribution in [0, 0.1) is 19.8 Å². The fraction of sp³-hybridized carbons (Fsp3) is 0.632. The molecule has 0 spiro atoms. The Bertz CT molecular complexity index is 782. The summed E-state index contributed by atoms with van der Waals surface area (Å²) in [4.78, 5) is 14.8. The van der Waals surface area contributed by atoms with Gasteiger partial charge >= 0.3 is 0 Å². The molecule has 1 atom stereocenters. The number of benzene rings is 1. The number of piperazine rings is 1. The molecule has 2 heterocycles. The Balaban J connectivity index is 1.64. The van der Waals surface area contributed by atoms with E-state index in [1.165, 1.54) is 4.31 Å². The van der Waals surface area contributed by atoms with Gasteiger partial charge in [0.25, 0.3) is 0 Å². The molecule has 1 aromatic rings. The number of hydrogen-bond donors (Lipinski definition) is 1. The van der Waals surface area contributed by atoms with E-state index in [1.54, 1.807) is 17.9 Å². The number of aryl methyl sites for hydroxylation is 2. The fourth-order valence-corrected chi connectivity index (χ4v) is 5.49. The number of sulfonamides is 1. The Hall–Kier alpha value is -1.48. The topological polar surface area (TPSA) is 92.9 Å². The Kier molecular flexibility index (Phi) is 6.20. The zero-order valence-corrected chi connectivity index (χ0v) is 16.9. The van der Waals surface area contributed by atoms with Crippen LogP contribution in [0.2, 0.25) is 0 Å². The molecule has 1 unspecified atom stereocenters. The number of nitrogens with two attached hydrogens (primary N) is 1. The number of carbonyl (C=O) groups excluding carboxylic acids is 1. The highest BCUT2D eigenvalue weighted by Crippen LogP contribution is 2.23. The third-order valence-corrected chi connectivity index (χ3v) is 7.61. The van der Waals surface area contributed by atoms with Crippen molar-refractivity contribution in [3.8, 4) is 0 Å². The number of nitrogens with zero attached hydrogens (tertiary/aromatic N) is 2. The van der Waals surface area contributed by atoms with Gasteiger partial charge in [-0.2, -0.15) is 4.31 Å². The summed E-state index contributed by atoms with van der Waals surface area (Å²) in [5, 5.41) is 0. The highest BCUT2D eigenvalue weighted by Gasteiger charge is 2.34. The van der Waals surface area contributed by atoms with Crippen molar-refractivity contribution in [3.63, 3.8) is 0 Å². The first kappa shape index (κ1) is 20.3. The predicted octanol–water partition coefficient (Wildman–Crippen LogP) is 0.890. The van der Waals surface area contributed by atoms with Gasteiger partial charge in [-0.1, -0.05) is 12.1 Å². The first-order chi connectivity index (χ1) is 12.8. The quantitative estimate of drug-likeness (QED) is 0.817. The summed E-state index contributed by atoms with van der Waals surface area (Å²) in [5.74, 6) is 0.0636. The minimum atomic E-state index is -3.56. The van der Waals surface area contributed by atoms with Crippen LogP contribution in [0.15, 0.2) is 23.1 Å². The largest absolute Gasteiger partial charge is 0.381 e. The van der Waals surface area contributed by atoms with Gasteiger partial charge in [-0.15, -0.1) is 0 Å². The third kappa shape index (κ3) is 4.34.